The monoisotopic (exact) mass is 327 g/mol. The number of hydrogen-bond donors (Lipinski definition) is 3. The van der Waals surface area contributed by atoms with Crippen molar-refractivity contribution in [1.82, 2.24) is 10.9 Å². The molecule has 0 unspecified atom stereocenters. The molecule has 0 heterocycles. The van der Waals surface area contributed by atoms with Gasteiger partial charge in [0.2, 0.25) is 11.8 Å². The highest BCUT2D eigenvalue weighted by Gasteiger charge is 2.16. The molecule has 4 N–H and O–H groups in total. The Bertz CT molecular complexity index is 465. The fraction of sp³-hybridized carbons (Fsp3) is 0.250. The molecule has 1 rings (SSSR count). The van der Waals surface area contributed by atoms with Gasteiger partial charge in [-0.25, -0.2) is 0 Å². The van der Waals surface area contributed by atoms with Crippen LogP contribution in [0.1, 0.15) is 12.0 Å². The van der Waals surface area contributed by atoms with Gasteiger partial charge in [0.1, 0.15) is 6.42 Å². The van der Waals surface area contributed by atoms with E-state index in [0.29, 0.717) is 6.42 Å². The summed E-state index contributed by atoms with van der Waals surface area (Å²) in [6.45, 7) is 0. The largest absolute Gasteiger partial charge is 0.369 e. The fourth-order valence-electron chi connectivity index (χ4n) is 1.33. The molecule has 0 bridgehead atoms. The van der Waals surface area contributed by atoms with Gasteiger partial charge in [0.05, 0.1) is 4.83 Å². The van der Waals surface area contributed by atoms with Gasteiger partial charge in [-0.15, -0.1) is 0 Å². The Morgan fingerprint density at radius 1 is 1.16 bits per heavy atom. The molecule has 0 saturated heterocycles. The number of hydrogen-bond acceptors (Lipinski definition) is 3. The molecule has 3 amide bonds. The number of hydrazine groups is 1. The quantitative estimate of drug-likeness (QED) is 0.403. The predicted octanol–water partition coefficient (Wildman–Crippen LogP) is 0.0154. The Morgan fingerprint density at radius 3 is 2.37 bits per heavy atom. The van der Waals surface area contributed by atoms with E-state index < -0.39 is 29.0 Å². The first kappa shape index (κ1) is 15.2. The number of primary amides is 1. The Balaban J connectivity index is 2.37. The van der Waals surface area contributed by atoms with Crippen LogP contribution in [0.15, 0.2) is 30.3 Å². The van der Waals surface area contributed by atoms with E-state index in [1.54, 1.807) is 0 Å². The summed E-state index contributed by atoms with van der Waals surface area (Å²) >= 11 is 3.23. The van der Waals surface area contributed by atoms with Crippen molar-refractivity contribution in [3.05, 3.63) is 35.9 Å². The van der Waals surface area contributed by atoms with Gasteiger partial charge in [-0.3, -0.25) is 25.2 Å². The Hall–Kier alpha value is -1.89. The van der Waals surface area contributed by atoms with E-state index in [0.717, 1.165) is 5.56 Å². The summed E-state index contributed by atoms with van der Waals surface area (Å²) in [7, 11) is 0. The highest BCUT2D eigenvalue weighted by Crippen LogP contribution is 2.09. The van der Waals surface area contributed by atoms with Crippen LogP contribution in [-0.2, 0) is 20.8 Å². The third-order valence-corrected chi connectivity index (χ3v) is 2.94. The molecule has 0 fully saturated rings. The van der Waals surface area contributed by atoms with Crippen LogP contribution in [-0.4, -0.2) is 22.5 Å². The zero-order valence-electron chi connectivity index (χ0n) is 10.1. The molecule has 6 nitrogen and oxygen atoms in total. The summed E-state index contributed by atoms with van der Waals surface area (Å²) in [5.41, 5.74) is 10.2. The number of carbonyl (C=O) groups excluding carboxylic acids is 3. The number of halogens is 1. The molecule has 0 aliphatic heterocycles. The molecule has 0 saturated carbocycles. The second-order valence-corrected chi connectivity index (χ2v) is 4.94. The van der Waals surface area contributed by atoms with Crippen molar-refractivity contribution in [3.63, 3.8) is 0 Å². The molecule has 7 heteroatoms. The third-order valence-electron chi connectivity index (χ3n) is 2.20. The van der Waals surface area contributed by atoms with Crippen LogP contribution in [0.4, 0.5) is 0 Å². The zero-order chi connectivity index (χ0) is 14.3. The lowest BCUT2D eigenvalue weighted by atomic mass is 10.1. The van der Waals surface area contributed by atoms with Gasteiger partial charge in [0.15, 0.2) is 0 Å². The smallest absolute Gasteiger partial charge is 0.252 e. The maximum atomic E-state index is 11.6. The van der Waals surface area contributed by atoms with Gasteiger partial charge in [-0.2, -0.15) is 0 Å². The first-order valence-corrected chi connectivity index (χ1v) is 6.45. The van der Waals surface area contributed by atoms with Crippen LogP contribution in [0.5, 0.6) is 0 Å². The van der Waals surface area contributed by atoms with E-state index >= 15 is 0 Å². The standard InChI is InChI=1S/C12H14BrN3O3/c13-9(6-8-4-2-1-3-5-8)12(19)16-15-11(18)7-10(14)17/h1-5,9H,6-7H2,(H2,14,17)(H,15,18)(H,16,19)/t9-/m1/s1. The topological polar surface area (TPSA) is 101 Å². The van der Waals surface area contributed by atoms with Crippen LogP contribution in [0.2, 0.25) is 0 Å². The molecular formula is C12H14BrN3O3. The van der Waals surface area contributed by atoms with Crippen LogP contribution >= 0.6 is 15.9 Å². The van der Waals surface area contributed by atoms with Crippen molar-refractivity contribution in [1.29, 1.82) is 0 Å². The fourth-order valence-corrected chi connectivity index (χ4v) is 1.81. The molecule has 102 valence electrons. The molecule has 0 spiro atoms. The van der Waals surface area contributed by atoms with Gasteiger partial charge in [-0.05, 0) is 12.0 Å². The van der Waals surface area contributed by atoms with Crippen molar-refractivity contribution in [2.24, 2.45) is 5.73 Å². The normalized spacial score (nSPS) is 11.4. The first-order chi connectivity index (χ1) is 8.99. The van der Waals surface area contributed by atoms with Crippen LogP contribution in [0.25, 0.3) is 0 Å². The summed E-state index contributed by atoms with van der Waals surface area (Å²) in [6, 6.07) is 9.43. The molecule has 1 aromatic rings. The van der Waals surface area contributed by atoms with E-state index in [1.807, 2.05) is 30.3 Å². The van der Waals surface area contributed by atoms with Gasteiger partial charge in [0, 0.05) is 0 Å². The van der Waals surface area contributed by atoms with Gasteiger partial charge in [-0.1, -0.05) is 46.3 Å². The van der Waals surface area contributed by atoms with Gasteiger partial charge in [0.25, 0.3) is 5.91 Å². The molecule has 19 heavy (non-hydrogen) atoms. The lowest BCUT2D eigenvalue weighted by Gasteiger charge is -2.11. The first-order valence-electron chi connectivity index (χ1n) is 5.54. The van der Waals surface area contributed by atoms with Gasteiger partial charge < -0.3 is 5.73 Å². The highest BCUT2D eigenvalue weighted by molar-refractivity contribution is 9.10. The maximum Gasteiger partial charge on any atom is 0.252 e. The second-order valence-electron chi connectivity index (χ2n) is 3.84. The predicted molar refractivity (Wildman–Crippen MR) is 73.0 cm³/mol. The van der Waals surface area contributed by atoms with Crippen molar-refractivity contribution < 1.29 is 14.4 Å². The Kier molecular flexibility index (Phi) is 6.01. The van der Waals surface area contributed by atoms with Crippen molar-refractivity contribution in [2.45, 2.75) is 17.7 Å². The lowest BCUT2D eigenvalue weighted by Crippen LogP contribution is -2.46. The molecule has 0 aromatic heterocycles. The average Bonchev–Trinajstić information content (AvgIpc) is 2.36. The second kappa shape index (κ2) is 7.52. The van der Waals surface area contributed by atoms with E-state index in [-0.39, 0.29) is 0 Å². The number of carbonyl (C=O) groups is 3. The van der Waals surface area contributed by atoms with Gasteiger partial charge >= 0.3 is 0 Å². The van der Waals surface area contributed by atoms with Crippen molar-refractivity contribution in [2.75, 3.05) is 0 Å². The Morgan fingerprint density at radius 2 is 1.79 bits per heavy atom. The van der Waals surface area contributed by atoms with Crippen LogP contribution in [0, 0.1) is 0 Å². The number of rotatable bonds is 5. The molecule has 0 aliphatic carbocycles. The molecule has 0 radical (unpaired) electrons. The molecule has 0 aliphatic rings. The minimum absolute atomic E-state index is 0.401. The minimum Gasteiger partial charge on any atom is -0.369 e. The van der Waals surface area contributed by atoms with Crippen LogP contribution in [0.3, 0.4) is 0 Å². The highest BCUT2D eigenvalue weighted by atomic mass is 79.9. The maximum absolute atomic E-state index is 11.6. The molecule has 1 aromatic carbocycles. The number of benzene rings is 1. The van der Waals surface area contributed by atoms with Crippen molar-refractivity contribution >= 4 is 33.7 Å². The lowest BCUT2D eigenvalue weighted by molar-refractivity contribution is -0.131. The summed E-state index contributed by atoms with van der Waals surface area (Å²) in [5.74, 6) is -1.81. The number of alkyl halides is 1. The summed E-state index contributed by atoms with van der Waals surface area (Å²) < 4.78 is 0. The van der Waals surface area contributed by atoms with Crippen LogP contribution < -0.4 is 16.6 Å². The van der Waals surface area contributed by atoms with E-state index in [4.69, 9.17) is 5.73 Å². The summed E-state index contributed by atoms with van der Waals surface area (Å²) in [5, 5.41) is 0. The zero-order valence-corrected chi connectivity index (χ0v) is 11.6. The third kappa shape index (κ3) is 6.01. The molecular weight excluding hydrogens is 314 g/mol. The number of nitrogens with one attached hydrogen (secondary N) is 2. The van der Waals surface area contributed by atoms with E-state index in [2.05, 4.69) is 26.8 Å². The van der Waals surface area contributed by atoms with E-state index in [1.165, 1.54) is 0 Å². The Labute approximate surface area is 118 Å². The SMILES string of the molecule is NC(=O)CC(=O)NNC(=O)[C@H](Br)Cc1ccccc1. The van der Waals surface area contributed by atoms with Crippen molar-refractivity contribution in [3.8, 4) is 0 Å². The summed E-state index contributed by atoms with van der Waals surface area (Å²) in [4.78, 5) is 32.7. The number of nitrogens with two attached hydrogens (primary N) is 1. The summed E-state index contributed by atoms with van der Waals surface area (Å²) in [6.07, 6.45) is 0.0181. The molecule has 1 atom stereocenters. The number of amides is 3. The van der Waals surface area contributed by atoms with E-state index in [9.17, 15) is 14.4 Å². The average molecular weight is 328 g/mol. The minimum atomic E-state index is -0.758.